The maximum Gasteiger partial charge on any atom is 0.235 e. The largest absolute Gasteiger partial charge is 0.343 e. The molecule has 0 aliphatic heterocycles. The molecule has 0 fully saturated rings. The van der Waals surface area contributed by atoms with Gasteiger partial charge in [0.1, 0.15) is 5.66 Å². The van der Waals surface area contributed by atoms with Crippen LogP contribution in [0.4, 0.5) is 0 Å². The van der Waals surface area contributed by atoms with Crippen LogP contribution < -0.4 is 10.6 Å². The summed E-state index contributed by atoms with van der Waals surface area (Å²) >= 11 is 0. The molecule has 4 nitrogen and oxygen atoms in total. The van der Waals surface area contributed by atoms with Crippen LogP contribution in [0.1, 0.15) is 27.7 Å². The van der Waals surface area contributed by atoms with Gasteiger partial charge in [-0.25, -0.2) is 0 Å². The summed E-state index contributed by atoms with van der Waals surface area (Å²) in [5, 5.41) is 1.50. The van der Waals surface area contributed by atoms with Crippen molar-refractivity contribution >= 4 is 23.7 Å². The van der Waals surface area contributed by atoms with Gasteiger partial charge in [0.2, 0.25) is 5.91 Å². The van der Waals surface area contributed by atoms with Gasteiger partial charge in [-0.15, -0.1) is 0 Å². The molecule has 0 saturated heterocycles. The average molecular weight is 401 g/mol. The first kappa shape index (κ1) is 22.4. The Bertz CT molecular complexity index is 728. The fourth-order valence-electron chi connectivity index (χ4n) is 3.63. The molecule has 0 saturated carbocycles. The standard InChI is InChI=1S/C23H33N2O2P/c1-5-24(6-2)19-22(23(26)25(7-3)8-4)28(27,20-15-11-9-12-16-20)21-17-13-10-14-18-21/h9-18,22H,5-8,19H2,1-4H3/t22-/m0/s1. The molecular weight excluding hydrogens is 367 g/mol. The van der Waals surface area contributed by atoms with Crippen LogP contribution in [0.5, 0.6) is 0 Å². The summed E-state index contributed by atoms with van der Waals surface area (Å²) in [5.41, 5.74) is -0.600. The summed E-state index contributed by atoms with van der Waals surface area (Å²) in [7, 11) is -3.18. The smallest absolute Gasteiger partial charge is 0.235 e. The van der Waals surface area contributed by atoms with E-state index in [2.05, 4.69) is 18.7 Å². The molecule has 1 atom stereocenters. The topological polar surface area (TPSA) is 40.6 Å². The summed E-state index contributed by atoms with van der Waals surface area (Å²) in [6.07, 6.45) is 0. The number of nitrogens with zero attached hydrogens (tertiary/aromatic N) is 2. The first-order chi connectivity index (χ1) is 13.5. The Labute approximate surface area is 169 Å². The van der Waals surface area contributed by atoms with Gasteiger partial charge in [-0.1, -0.05) is 74.5 Å². The van der Waals surface area contributed by atoms with E-state index in [9.17, 15) is 9.36 Å². The van der Waals surface area contributed by atoms with Gasteiger partial charge in [-0.05, 0) is 26.9 Å². The van der Waals surface area contributed by atoms with Crippen LogP contribution in [0.3, 0.4) is 0 Å². The Balaban J connectivity index is 2.67. The highest BCUT2D eigenvalue weighted by atomic mass is 31.2. The number of carbonyl (C=O) groups excluding carboxylic acids is 1. The summed E-state index contributed by atoms with van der Waals surface area (Å²) in [4.78, 5) is 17.6. The Morgan fingerprint density at radius 3 is 1.57 bits per heavy atom. The third-order valence-electron chi connectivity index (χ3n) is 5.40. The molecule has 0 unspecified atom stereocenters. The molecule has 0 bridgehead atoms. The molecule has 0 aliphatic rings. The van der Waals surface area contributed by atoms with Crippen molar-refractivity contribution in [2.24, 2.45) is 0 Å². The molecule has 0 radical (unpaired) electrons. The lowest BCUT2D eigenvalue weighted by Gasteiger charge is -2.34. The Morgan fingerprint density at radius 2 is 1.21 bits per heavy atom. The maximum absolute atomic E-state index is 14.8. The summed E-state index contributed by atoms with van der Waals surface area (Å²) in [5.74, 6) is -0.0204. The number of hydrogen-bond donors (Lipinski definition) is 0. The van der Waals surface area contributed by atoms with Gasteiger partial charge < -0.3 is 14.4 Å². The van der Waals surface area contributed by atoms with Crippen LogP contribution in [0, 0.1) is 0 Å². The van der Waals surface area contributed by atoms with Crippen LogP contribution in [-0.4, -0.2) is 54.1 Å². The molecule has 2 aromatic rings. The summed E-state index contributed by atoms with van der Waals surface area (Å²) in [6, 6.07) is 19.1. The molecule has 2 rings (SSSR count). The fraction of sp³-hybridized carbons (Fsp3) is 0.435. The second-order valence-electron chi connectivity index (χ2n) is 6.84. The third-order valence-corrected chi connectivity index (χ3v) is 8.80. The van der Waals surface area contributed by atoms with Crippen molar-refractivity contribution in [2.75, 3.05) is 32.7 Å². The molecule has 0 aliphatic carbocycles. The van der Waals surface area contributed by atoms with E-state index in [-0.39, 0.29) is 5.91 Å². The lowest BCUT2D eigenvalue weighted by Crippen LogP contribution is -2.47. The van der Waals surface area contributed by atoms with Crippen LogP contribution in [0.2, 0.25) is 0 Å². The molecule has 0 aromatic heterocycles. The van der Waals surface area contributed by atoms with Crippen LogP contribution >= 0.6 is 7.14 Å². The number of rotatable bonds is 10. The number of hydrogen-bond acceptors (Lipinski definition) is 3. The van der Waals surface area contributed by atoms with Crippen molar-refractivity contribution in [3.8, 4) is 0 Å². The predicted octanol–water partition coefficient (Wildman–Crippen LogP) is 3.58. The van der Waals surface area contributed by atoms with E-state index in [1.807, 2.05) is 79.4 Å². The number of benzene rings is 2. The van der Waals surface area contributed by atoms with Crippen molar-refractivity contribution in [1.82, 2.24) is 9.80 Å². The normalized spacial score (nSPS) is 12.8. The summed E-state index contributed by atoms with van der Waals surface area (Å²) in [6.45, 7) is 11.5. The molecule has 2 aromatic carbocycles. The van der Waals surface area contributed by atoms with Crippen LogP contribution in [-0.2, 0) is 9.36 Å². The first-order valence-corrected chi connectivity index (χ1v) is 12.0. The van der Waals surface area contributed by atoms with Gasteiger partial charge in [0.15, 0.2) is 7.14 Å². The van der Waals surface area contributed by atoms with Gasteiger partial charge >= 0.3 is 0 Å². The summed E-state index contributed by atoms with van der Waals surface area (Å²) < 4.78 is 14.8. The lowest BCUT2D eigenvalue weighted by atomic mass is 10.3. The molecular formula is C23H33N2O2P. The van der Waals surface area contributed by atoms with Gasteiger partial charge in [0.25, 0.3) is 0 Å². The number of amides is 1. The zero-order valence-electron chi connectivity index (χ0n) is 17.5. The van der Waals surface area contributed by atoms with E-state index >= 15 is 0 Å². The maximum atomic E-state index is 14.8. The minimum atomic E-state index is -3.18. The predicted molar refractivity (Wildman–Crippen MR) is 119 cm³/mol. The van der Waals surface area contributed by atoms with Gasteiger partial charge in [0, 0.05) is 30.2 Å². The monoisotopic (exact) mass is 400 g/mol. The molecule has 28 heavy (non-hydrogen) atoms. The van der Waals surface area contributed by atoms with Crippen molar-refractivity contribution in [3.63, 3.8) is 0 Å². The van der Waals surface area contributed by atoms with E-state index in [4.69, 9.17) is 0 Å². The Morgan fingerprint density at radius 1 is 0.786 bits per heavy atom. The van der Waals surface area contributed by atoms with Gasteiger partial charge in [-0.2, -0.15) is 0 Å². The molecule has 0 heterocycles. The van der Waals surface area contributed by atoms with Crippen molar-refractivity contribution < 1.29 is 9.36 Å². The highest BCUT2D eigenvalue weighted by Gasteiger charge is 2.43. The zero-order valence-corrected chi connectivity index (χ0v) is 18.4. The number of carbonyl (C=O) groups is 1. The second-order valence-corrected chi connectivity index (χ2v) is 9.81. The minimum absolute atomic E-state index is 0.0204. The molecule has 0 N–H and O–H groups in total. The molecule has 0 spiro atoms. The average Bonchev–Trinajstić information content (AvgIpc) is 2.76. The van der Waals surface area contributed by atoms with Crippen LogP contribution in [0.15, 0.2) is 60.7 Å². The molecule has 1 amide bonds. The third kappa shape index (κ3) is 4.74. The van der Waals surface area contributed by atoms with E-state index in [1.54, 1.807) is 0 Å². The lowest BCUT2D eigenvalue weighted by molar-refractivity contribution is -0.130. The second kappa shape index (κ2) is 10.6. The minimum Gasteiger partial charge on any atom is -0.343 e. The van der Waals surface area contributed by atoms with E-state index < -0.39 is 12.8 Å². The van der Waals surface area contributed by atoms with Crippen molar-refractivity contribution in [2.45, 2.75) is 33.4 Å². The quantitative estimate of drug-likeness (QED) is 0.573. The SMILES string of the molecule is CCN(CC)C[C@@H](C(=O)N(CC)CC)P(=O)(c1ccccc1)c1ccccc1. The van der Waals surface area contributed by atoms with Gasteiger partial charge in [0.05, 0.1) is 0 Å². The first-order valence-electron chi connectivity index (χ1n) is 10.2. The van der Waals surface area contributed by atoms with E-state index in [0.717, 1.165) is 23.7 Å². The van der Waals surface area contributed by atoms with E-state index in [1.165, 1.54) is 0 Å². The highest BCUT2D eigenvalue weighted by molar-refractivity contribution is 7.80. The fourth-order valence-corrected chi connectivity index (χ4v) is 6.81. The van der Waals surface area contributed by atoms with Crippen molar-refractivity contribution in [1.29, 1.82) is 0 Å². The highest BCUT2D eigenvalue weighted by Crippen LogP contribution is 2.49. The van der Waals surface area contributed by atoms with Crippen molar-refractivity contribution in [3.05, 3.63) is 60.7 Å². The Kier molecular flexibility index (Phi) is 8.47. The van der Waals surface area contributed by atoms with Crippen LogP contribution in [0.25, 0.3) is 0 Å². The zero-order chi connectivity index (χ0) is 20.6. The molecule has 152 valence electrons. The molecule has 5 heteroatoms. The Hall–Kier alpha value is -1.90. The van der Waals surface area contributed by atoms with E-state index in [0.29, 0.717) is 19.6 Å². The van der Waals surface area contributed by atoms with Gasteiger partial charge in [-0.3, -0.25) is 4.79 Å².